The summed E-state index contributed by atoms with van der Waals surface area (Å²) >= 11 is 5.86. The Morgan fingerprint density at radius 3 is 2.74 bits per heavy atom. The van der Waals surface area contributed by atoms with Crippen molar-refractivity contribution >= 4 is 23.7 Å². The second-order valence-electron chi connectivity index (χ2n) is 4.69. The van der Waals surface area contributed by atoms with Gasteiger partial charge in [0.2, 0.25) is 0 Å². The molecule has 2 aromatic rings. The Morgan fingerprint density at radius 2 is 2.09 bits per heavy atom. The zero-order chi connectivity index (χ0) is 16.7. The van der Waals surface area contributed by atoms with E-state index in [0.29, 0.717) is 16.3 Å². The summed E-state index contributed by atoms with van der Waals surface area (Å²) in [6, 6.07) is 15.6. The Balaban J connectivity index is 1.88. The van der Waals surface area contributed by atoms with Crippen molar-refractivity contribution in [3.05, 3.63) is 64.7 Å². The number of hydrogen-bond acceptors (Lipinski definition) is 4. The molecule has 23 heavy (non-hydrogen) atoms. The van der Waals surface area contributed by atoms with Crippen LogP contribution < -0.4 is 10.2 Å². The van der Waals surface area contributed by atoms with E-state index in [0.717, 1.165) is 5.56 Å². The van der Waals surface area contributed by atoms with E-state index >= 15 is 0 Å². The first kappa shape index (κ1) is 16.5. The van der Waals surface area contributed by atoms with Crippen LogP contribution in [-0.4, -0.2) is 18.2 Å². The molecule has 6 heteroatoms. The minimum absolute atomic E-state index is 0.382. The lowest BCUT2D eigenvalue weighted by molar-refractivity contribution is -0.127. The summed E-state index contributed by atoms with van der Waals surface area (Å²) in [6.45, 7) is 1.61. The number of carbonyl (C=O) groups excluding carboxylic acids is 1. The molecular weight excluding hydrogens is 314 g/mol. The molecular formula is C17H14ClN3O2. The molecule has 0 bridgehead atoms. The largest absolute Gasteiger partial charge is 0.481 e. The number of hydrazone groups is 1. The molecule has 116 valence electrons. The van der Waals surface area contributed by atoms with Crippen LogP contribution in [0.2, 0.25) is 5.02 Å². The van der Waals surface area contributed by atoms with Crippen molar-refractivity contribution in [2.45, 2.75) is 13.0 Å². The van der Waals surface area contributed by atoms with Crippen LogP contribution in [0.25, 0.3) is 0 Å². The van der Waals surface area contributed by atoms with E-state index in [9.17, 15) is 4.79 Å². The molecule has 1 atom stereocenters. The van der Waals surface area contributed by atoms with E-state index in [1.165, 1.54) is 6.21 Å². The van der Waals surface area contributed by atoms with Gasteiger partial charge < -0.3 is 4.74 Å². The number of benzene rings is 2. The summed E-state index contributed by atoms with van der Waals surface area (Å²) in [5, 5.41) is 13.2. The molecule has 0 saturated carbocycles. The zero-order valence-corrected chi connectivity index (χ0v) is 13.1. The van der Waals surface area contributed by atoms with Crippen LogP contribution in [0.1, 0.15) is 18.1 Å². The molecule has 5 nitrogen and oxygen atoms in total. The molecule has 2 rings (SSSR count). The predicted molar refractivity (Wildman–Crippen MR) is 88.4 cm³/mol. The molecule has 0 aliphatic rings. The van der Waals surface area contributed by atoms with Gasteiger partial charge in [-0.15, -0.1) is 0 Å². The fraction of sp³-hybridized carbons (Fsp3) is 0.118. The van der Waals surface area contributed by atoms with Crippen molar-refractivity contribution in [1.82, 2.24) is 5.43 Å². The van der Waals surface area contributed by atoms with E-state index in [4.69, 9.17) is 21.6 Å². The quantitative estimate of drug-likeness (QED) is 0.677. The van der Waals surface area contributed by atoms with E-state index in [1.54, 1.807) is 49.4 Å². The maximum Gasteiger partial charge on any atom is 0.280 e. The van der Waals surface area contributed by atoms with Gasteiger partial charge in [-0.1, -0.05) is 23.7 Å². The van der Waals surface area contributed by atoms with Crippen LogP contribution in [0, 0.1) is 11.3 Å². The molecule has 0 spiro atoms. The van der Waals surface area contributed by atoms with Crippen molar-refractivity contribution < 1.29 is 9.53 Å². The summed E-state index contributed by atoms with van der Waals surface area (Å²) in [5.41, 5.74) is 3.71. The molecule has 0 aliphatic carbocycles. The SMILES string of the molecule is CC(Oc1ccc(C#N)cc1)C(=O)N/N=C/c1cccc(Cl)c1. The molecule has 0 aromatic heterocycles. The number of ether oxygens (including phenoxy) is 1. The third kappa shape index (κ3) is 5.13. The van der Waals surface area contributed by atoms with E-state index in [1.807, 2.05) is 12.1 Å². The van der Waals surface area contributed by atoms with Crippen molar-refractivity contribution in [2.24, 2.45) is 5.10 Å². The maximum atomic E-state index is 11.9. The van der Waals surface area contributed by atoms with Gasteiger partial charge in [-0.3, -0.25) is 4.79 Å². The molecule has 2 aromatic carbocycles. The third-order valence-corrected chi connectivity index (χ3v) is 3.14. The van der Waals surface area contributed by atoms with Gasteiger partial charge in [0.15, 0.2) is 6.10 Å². The standard InChI is InChI=1S/C17H14ClN3O2/c1-12(23-16-7-5-13(10-19)6-8-16)17(22)21-20-11-14-3-2-4-15(18)9-14/h2-9,11-12H,1H3,(H,21,22)/b20-11+. The summed E-state index contributed by atoms with van der Waals surface area (Å²) in [7, 11) is 0. The fourth-order valence-corrected chi connectivity index (χ4v) is 1.91. The lowest BCUT2D eigenvalue weighted by atomic mass is 10.2. The molecule has 0 fully saturated rings. The van der Waals surface area contributed by atoms with Crippen LogP contribution in [0.5, 0.6) is 5.75 Å². The number of nitrogens with zero attached hydrogens (tertiary/aromatic N) is 2. The highest BCUT2D eigenvalue weighted by atomic mass is 35.5. The second kappa shape index (κ2) is 7.97. The first-order valence-corrected chi connectivity index (χ1v) is 7.21. The first-order valence-electron chi connectivity index (χ1n) is 6.84. The molecule has 1 N–H and O–H groups in total. The van der Waals surface area contributed by atoms with Crippen molar-refractivity contribution in [2.75, 3.05) is 0 Å². The lowest BCUT2D eigenvalue weighted by Crippen LogP contribution is -2.33. The number of amides is 1. The minimum atomic E-state index is -0.723. The van der Waals surface area contributed by atoms with Crippen LogP contribution in [0.4, 0.5) is 0 Å². The number of rotatable bonds is 5. The van der Waals surface area contributed by atoms with Crippen LogP contribution in [0.15, 0.2) is 53.6 Å². The summed E-state index contributed by atoms with van der Waals surface area (Å²) < 4.78 is 5.48. The van der Waals surface area contributed by atoms with E-state index in [-0.39, 0.29) is 5.91 Å². The number of halogens is 1. The van der Waals surface area contributed by atoms with Crippen molar-refractivity contribution in [3.8, 4) is 11.8 Å². The van der Waals surface area contributed by atoms with Crippen molar-refractivity contribution in [1.29, 1.82) is 5.26 Å². The molecule has 0 radical (unpaired) electrons. The second-order valence-corrected chi connectivity index (χ2v) is 5.12. The Hall–Kier alpha value is -2.84. The maximum absolute atomic E-state index is 11.9. The normalized spacial score (nSPS) is 11.7. The molecule has 0 saturated heterocycles. The Kier molecular flexibility index (Phi) is 5.73. The van der Waals surface area contributed by atoms with Gasteiger partial charge in [-0.25, -0.2) is 5.43 Å². The number of carbonyl (C=O) groups is 1. The van der Waals surface area contributed by atoms with E-state index in [2.05, 4.69) is 10.5 Å². The number of nitriles is 1. The van der Waals surface area contributed by atoms with Gasteiger partial charge in [0.25, 0.3) is 5.91 Å². The van der Waals surface area contributed by atoms with Gasteiger partial charge in [0.05, 0.1) is 17.8 Å². The topological polar surface area (TPSA) is 74.5 Å². The van der Waals surface area contributed by atoms with Crippen LogP contribution in [0.3, 0.4) is 0 Å². The summed E-state index contributed by atoms with van der Waals surface area (Å²) in [6.07, 6.45) is 0.775. The fourth-order valence-electron chi connectivity index (χ4n) is 1.71. The number of nitrogens with one attached hydrogen (secondary N) is 1. The van der Waals surface area contributed by atoms with Crippen molar-refractivity contribution in [3.63, 3.8) is 0 Å². The monoisotopic (exact) mass is 327 g/mol. The Labute approximate surface area is 139 Å². The van der Waals surface area contributed by atoms with Gasteiger partial charge in [0, 0.05) is 5.02 Å². The Bertz CT molecular complexity index is 751. The number of hydrogen-bond donors (Lipinski definition) is 1. The molecule has 0 aliphatic heterocycles. The average Bonchev–Trinajstić information content (AvgIpc) is 2.55. The smallest absolute Gasteiger partial charge is 0.280 e. The molecule has 1 unspecified atom stereocenters. The first-order chi connectivity index (χ1) is 11.1. The highest BCUT2D eigenvalue weighted by Crippen LogP contribution is 2.13. The van der Waals surface area contributed by atoms with Gasteiger partial charge in [-0.05, 0) is 48.9 Å². The predicted octanol–water partition coefficient (Wildman–Crippen LogP) is 3.13. The van der Waals surface area contributed by atoms with Crippen LogP contribution >= 0.6 is 11.6 Å². The molecule has 1 amide bonds. The Morgan fingerprint density at radius 1 is 1.35 bits per heavy atom. The highest BCUT2D eigenvalue weighted by molar-refractivity contribution is 6.30. The lowest BCUT2D eigenvalue weighted by Gasteiger charge is -2.12. The van der Waals surface area contributed by atoms with Crippen LogP contribution in [-0.2, 0) is 4.79 Å². The van der Waals surface area contributed by atoms with E-state index < -0.39 is 6.10 Å². The molecule has 0 heterocycles. The minimum Gasteiger partial charge on any atom is -0.481 e. The van der Waals surface area contributed by atoms with Gasteiger partial charge in [0.1, 0.15) is 5.75 Å². The summed E-state index contributed by atoms with van der Waals surface area (Å²) in [5.74, 6) is 0.123. The van der Waals surface area contributed by atoms with Gasteiger partial charge in [-0.2, -0.15) is 10.4 Å². The zero-order valence-electron chi connectivity index (χ0n) is 12.4. The average molecular weight is 328 g/mol. The summed E-state index contributed by atoms with van der Waals surface area (Å²) in [4.78, 5) is 11.9. The highest BCUT2D eigenvalue weighted by Gasteiger charge is 2.13. The third-order valence-electron chi connectivity index (χ3n) is 2.90. The van der Waals surface area contributed by atoms with Gasteiger partial charge >= 0.3 is 0 Å².